The number of rotatable bonds is 3. The van der Waals surface area contributed by atoms with Crippen molar-refractivity contribution in [2.24, 2.45) is 0 Å². The van der Waals surface area contributed by atoms with Gasteiger partial charge in [0.1, 0.15) is 6.54 Å². The number of hydrogen-bond acceptors (Lipinski definition) is 2. The van der Waals surface area contributed by atoms with Gasteiger partial charge in [-0.25, -0.2) is 0 Å². The number of nitrogens with zero attached hydrogens (tertiary/aromatic N) is 2. The van der Waals surface area contributed by atoms with Crippen LogP contribution in [-0.2, 0) is 0 Å². The van der Waals surface area contributed by atoms with Crippen LogP contribution in [0.2, 0.25) is 10.0 Å². The Morgan fingerprint density at radius 1 is 1.32 bits per heavy atom. The molecule has 2 rings (SSSR count). The van der Waals surface area contributed by atoms with E-state index in [1.807, 2.05) is 0 Å². The van der Waals surface area contributed by atoms with E-state index < -0.39 is 0 Å². The summed E-state index contributed by atoms with van der Waals surface area (Å²) < 4.78 is 0. The van der Waals surface area contributed by atoms with Gasteiger partial charge in [-0.3, -0.25) is 4.79 Å². The zero-order valence-corrected chi connectivity index (χ0v) is 11.9. The minimum atomic E-state index is -0.246. The lowest BCUT2D eigenvalue weighted by atomic mass is 10.1. The van der Waals surface area contributed by atoms with E-state index in [0.717, 1.165) is 25.7 Å². The molecule has 1 aliphatic carbocycles. The van der Waals surface area contributed by atoms with Crippen LogP contribution < -0.4 is 0 Å². The van der Waals surface area contributed by atoms with Gasteiger partial charge in [-0.1, -0.05) is 42.1 Å². The van der Waals surface area contributed by atoms with Crippen LogP contribution >= 0.6 is 23.2 Å². The molecule has 0 N–H and O–H groups in total. The van der Waals surface area contributed by atoms with Crippen LogP contribution in [0.1, 0.15) is 36.0 Å². The van der Waals surface area contributed by atoms with Crippen molar-refractivity contribution < 1.29 is 4.79 Å². The summed E-state index contributed by atoms with van der Waals surface area (Å²) in [6.45, 7) is 0.0745. The molecule has 3 nitrogen and oxygen atoms in total. The van der Waals surface area contributed by atoms with E-state index in [2.05, 4.69) is 6.07 Å². The van der Waals surface area contributed by atoms with E-state index >= 15 is 0 Å². The Balaban J connectivity index is 2.31. The first-order valence-electron chi connectivity index (χ1n) is 6.27. The normalized spacial score (nSPS) is 15.2. The van der Waals surface area contributed by atoms with E-state index in [4.69, 9.17) is 28.5 Å². The van der Waals surface area contributed by atoms with Crippen molar-refractivity contribution in [3.8, 4) is 6.07 Å². The van der Waals surface area contributed by atoms with Gasteiger partial charge in [-0.05, 0) is 25.0 Å². The van der Waals surface area contributed by atoms with Gasteiger partial charge in [0.05, 0.1) is 21.7 Å². The van der Waals surface area contributed by atoms with Crippen LogP contribution in [0.4, 0.5) is 0 Å². The highest BCUT2D eigenvalue weighted by atomic mass is 35.5. The first kappa shape index (κ1) is 14.2. The zero-order chi connectivity index (χ0) is 13.8. The molecule has 100 valence electrons. The van der Waals surface area contributed by atoms with Crippen molar-refractivity contribution in [1.82, 2.24) is 4.90 Å². The second-order valence-electron chi connectivity index (χ2n) is 4.63. The Hall–Kier alpha value is -1.24. The van der Waals surface area contributed by atoms with E-state index in [0.29, 0.717) is 15.6 Å². The van der Waals surface area contributed by atoms with Crippen molar-refractivity contribution >= 4 is 29.1 Å². The van der Waals surface area contributed by atoms with Gasteiger partial charge in [-0.15, -0.1) is 0 Å². The number of carbonyl (C=O) groups is 1. The number of carbonyl (C=O) groups excluding carboxylic acids is 1. The standard InChI is InChI=1S/C14H14Cl2N2O/c15-11-6-3-7-12(16)13(11)14(19)18(9-8-17)10-4-1-2-5-10/h3,6-7,10H,1-2,4-5,9H2. The Kier molecular flexibility index (Phi) is 4.68. The van der Waals surface area contributed by atoms with Crippen molar-refractivity contribution in [3.63, 3.8) is 0 Å². The molecule has 0 aliphatic heterocycles. The summed E-state index contributed by atoms with van der Waals surface area (Å²) in [4.78, 5) is 14.2. The third-order valence-electron chi connectivity index (χ3n) is 3.44. The van der Waals surface area contributed by atoms with Gasteiger partial charge >= 0.3 is 0 Å². The highest BCUT2D eigenvalue weighted by Gasteiger charge is 2.29. The lowest BCUT2D eigenvalue weighted by Crippen LogP contribution is -2.39. The topological polar surface area (TPSA) is 44.1 Å². The molecule has 19 heavy (non-hydrogen) atoms. The van der Waals surface area contributed by atoms with Crippen molar-refractivity contribution in [2.45, 2.75) is 31.7 Å². The van der Waals surface area contributed by atoms with Crippen LogP contribution in [0.25, 0.3) is 0 Å². The molecular weight excluding hydrogens is 283 g/mol. The lowest BCUT2D eigenvalue weighted by molar-refractivity contribution is 0.0710. The third-order valence-corrected chi connectivity index (χ3v) is 4.07. The van der Waals surface area contributed by atoms with Crippen LogP contribution in [0.15, 0.2) is 18.2 Å². The Bertz CT molecular complexity index is 498. The number of hydrogen-bond donors (Lipinski definition) is 0. The van der Waals surface area contributed by atoms with Crippen LogP contribution in [0, 0.1) is 11.3 Å². The number of amides is 1. The maximum Gasteiger partial charge on any atom is 0.257 e. The highest BCUT2D eigenvalue weighted by molar-refractivity contribution is 6.39. The Morgan fingerprint density at radius 2 is 1.89 bits per heavy atom. The van der Waals surface area contributed by atoms with Crippen molar-refractivity contribution in [1.29, 1.82) is 5.26 Å². The fourth-order valence-electron chi connectivity index (χ4n) is 2.50. The van der Waals surface area contributed by atoms with E-state index in [9.17, 15) is 4.79 Å². The minimum Gasteiger partial charge on any atom is -0.322 e. The molecule has 0 aromatic heterocycles. The average molecular weight is 297 g/mol. The fourth-order valence-corrected chi connectivity index (χ4v) is 3.06. The second-order valence-corrected chi connectivity index (χ2v) is 5.44. The molecule has 1 aromatic carbocycles. The molecule has 0 bridgehead atoms. The molecular formula is C14H14Cl2N2O. The molecule has 0 saturated heterocycles. The number of benzene rings is 1. The van der Waals surface area contributed by atoms with Crippen molar-refractivity contribution in [2.75, 3.05) is 6.54 Å². The summed E-state index contributed by atoms with van der Waals surface area (Å²) in [5, 5.41) is 9.59. The summed E-state index contributed by atoms with van der Waals surface area (Å²) in [7, 11) is 0. The molecule has 1 fully saturated rings. The van der Waals surface area contributed by atoms with Crippen LogP contribution in [0.5, 0.6) is 0 Å². The molecule has 1 amide bonds. The predicted octanol–water partition coefficient (Wildman–Crippen LogP) is 3.90. The number of nitriles is 1. The van der Waals surface area contributed by atoms with Gasteiger partial charge in [0, 0.05) is 6.04 Å². The molecule has 1 aliphatic rings. The average Bonchev–Trinajstić information content (AvgIpc) is 2.89. The summed E-state index contributed by atoms with van der Waals surface area (Å²) in [6, 6.07) is 7.16. The van der Waals surface area contributed by atoms with Gasteiger partial charge in [0.2, 0.25) is 0 Å². The third kappa shape index (κ3) is 3.02. The maximum atomic E-state index is 12.6. The smallest absolute Gasteiger partial charge is 0.257 e. The summed E-state index contributed by atoms with van der Waals surface area (Å²) in [5.74, 6) is -0.246. The molecule has 1 aromatic rings. The monoisotopic (exact) mass is 296 g/mol. The minimum absolute atomic E-state index is 0.0745. The largest absolute Gasteiger partial charge is 0.322 e. The predicted molar refractivity (Wildman–Crippen MR) is 75.4 cm³/mol. The van der Waals surface area contributed by atoms with Crippen molar-refractivity contribution in [3.05, 3.63) is 33.8 Å². The van der Waals surface area contributed by atoms with Crippen LogP contribution in [0.3, 0.4) is 0 Å². The van der Waals surface area contributed by atoms with Gasteiger partial charge in [0.15, 0.2) is 0 Å². The lowest BCUT2D eigenvalue weighted by Gasteiger charge is -2.27. The molecule has 0 atom stereocenters. The summed E-state index contributed by atoms with van der Waals surface area (Å²) >= 11 is 12.1. The highest BCUT2D eigenvalue weighted by Crippen LogP contribution is 2.29. The first-order chi connectivity index (χ1) is 9.15. The molecule has 0 heterocycles. The fraction of sp³-hybridized carbons (Fsp3) is 0.429. The Morgan fingerprint density at radius 3 is 2.42 bits per heavy atom. The SMILES string of the molecule is N#CCN(C(=O)c1c(Cl)cccc1Cl)C1CCCC1. The molecule has 1 saturated carbocycles. The molecule has 5 heteroatoms. The molecule has 0 unspecified atom stereocenters. The van der Waals surface area contributed by atoms with E-state index in [1.54, 1.807) is 23.1 Å². The number of halogens is 2. The second kappa shape index (κ2) is 6.27. The summed E-state index contributed by atoms with van der Waals surface area (Å²) in [5.41, 5.74) is 0.299. The first-order valence-corrected chi connectivity index (χ1v) is 7.02. The molecule has 0 spiro atoms. The zero-order valence-electron chi connectivity index (χ0n) is 10.4. The Labute approximate surface area is 122 Å². The van der Waals surface area contributed by atoms with Gasteiger partial charge in [0.25, 0.3) is 5.91 Å². The van der Waals surface area contributed by atoms with E-state index in [-0.39, 0.29) is 18.5 Å². The van der Waals surface area contributed by atoms with Gasteiger partial charge < -0.3 is 4.90 Å². The maximum absolute atomic E-state index is 12.6. The summed E-state index contributed by atoms with van der Waals surface area (Å²) in [6.07, 6.45) is 4.07. The molecule has 0 radical (unpaired) electrons. The van der Waals surface area contributed by atoms with Crippen LogP contribution in [-0.4, -0.2) is 23.4 Å². The quantitative estimate of drug-likeness (QED) is 0.794. The van der Waals surface area contributed by atoms with Gasteiger partial charge in [-0.2, -0.15) is 5.26 Å². The van der Waals surface area contributed by atoms with E-state index in [1.165, 1.54) is 0 Å².